The van der Waals surface area contributed by atoms with Crippen molar-refractivity contribution in [2.45, 2.75) is 72.9 Å². The Balaban J connectivity index is 2.01. The van der Waals surface area contributed by atoms with E-state index in [9.17, 15) is 0 Å². The quantitative estimate of drug-likeness (QED) is 0.316. The topological polar surface area (TPSA) is 72.7 Å². The number of aryl methyl sites for hydroxylation is 1. The normalized spacial score (nSPS) is 16.4. The maximum atomic E-state index is 5.64. The van der Waals surface area contributed by atoms with E-state index >= 15 is 0 Å². The molecule has 1 heterocycles. The molecule has 0 amide bonds. The molecule has 7 nitrogen and oxygen atoms in total. The minimum atomic E-state index is 0.336. The first-order valence-corrected chi connectivity index (χ1v) is 11.2. The van der Waals surface area contributed by atoms with Crippen LogP contribution in [0.15, 0.2) is 4.99 Å². The van der Waals surface area contributed by atoms with Crippen LogP contribution < -0.4 is 10.6 Å². The number of aliphatic imine (C=N–C) groups is 1. The van der Waals surface area contributed by atoms with E-state index in [1.54, 1.807) is 7.11 Å². The fraction of sp³-hybridized carbons (Fsp3) is 0.818. The van der Waals surface area contributed by atoms with E-state index in [-0.39, 0.29) is 0 Å². The van der Waals surface area contributed by atoms with Crippen LogP contribution in [0.3, 0.4) is 0 Å². The van der Waals surface area contributed by atoms with Gasteiger partial charge >= 0.3 is 0 Å². The third kappa shape index (κ3) is 7.00. The minimum absolute atomic E-state index is 0.336. The van der Waals surface area contributed by atoms with Gasteiger partial charge in [-0.05, 0) is 52.4 Å². The second kappa shape index (κ2) is 12.2. The van der Waals surface area contributed by atoms with E-state index < -0.39 is 0 Å². The summed E-state index contributed by atoms with van der Waals surface area (Å²) in [5.74, 6) is 0.888. The molecule has 1 aromatic heterocycles. The lowest BCUT2D eigenvalue weighted by atomic mass is 9.83. The van der Waals surface area contributed by atoms with Crippen molar-refractivity contribution >= 4 is 5.96 Å². The van der Waals surface area contributed by atoms with Crippen molar-refractivity contribution in [1.29, 1.82) is 0 Å². The average molecular weight is 408 g/mol. The number of nitrogens with one attached hydrogen (secondary N) is 2. The Morgan fingerprint density at radius 3 is 2.59 bits per heavy atom. The molecule has 2 rings (SSSR count). The van der Waals surface area contributed by atoms with Gasteiger partial charge in [0.1, 0.15) is 0 Å². The summed E-state index contributed by atoms with van der Waals surface area (Å²) in [4.78, 5) is 4.87. The molecule has 1 aromatic rings. The Kier molecular flexibility index (Phi) is 9.94. The number of nitrogens with zero attached hydrogens (tertiary/aromatic N) is 3. The molecule has 1 aliphatic carbocycles. The first kappa shape index (κ1) is 23.7. The second-order valence-electron chi connectivity index (χ2n) is 8.07. The Labute approximate surface area is 176 Å². The van der Waals surface area contributed by atoms with E-state index in [0.29, 0.717) is 18.6 Å². The third-order valence-corrected chi connectivity index (χ3v) is 6.05. The van der Waals surface area contributed by atoms with E-state index in [2.05, 4.69) is 43.4 Å². The smallest absolute Gasteiger partial charge is 0.191 e. The van der Waals surface area contributed by atoms with Gasteiger partial charge in [0.25, 0.3) is 0 Å². The molecule has 0 spiro atoms. The SMILES string of the molecule is CCNC(=NCc1c(C)nn(CCOC)c1C)NCC1(CCOCC)CCCC1. The minimum Gasteiger partial charge on any atom is -0.383 e. The van der Waals surface area contributed by atoms with Gasteiger partial charge in [-0.25, -0.2) is 4.99 Å². The highest BCUT2D eigenvalue weighted by molar-refractivity contribution is 5.79. The summed E-state index contributed by atoms with van der Waals surface area (Å²) in [6.45, 7) is 13.9. The van der Waals surface area contributed by atoms with Crippen LogP contribution in [0, 0.1) is 19.3 Å². The Hall–Kier alpha value is -1.60. The van der Waals surface area contributed by atoms with Crippen LogP contribution in [-0.4, -0.2) is 55.8 Å². The maximum absolute atomic E-state index is 5.64. The summed E-state index contributed by atoms with van der Waals surface area (Å²) < 4.78 is 12.9. The zero-order valence-corrected chi connectivity index (χ0v) is 19.1. The maximum Gasteiger partial charge on any atom is 0.191 e. The highest BCUT2D eigenvalue weighted by Crippen LogP contribution is 2.40. The lowest BCUT2D eigenvalue weighted by Crippen LogP contribution is -2.43. The zero-order valence-electron chi connectivity index (χ0n) is 19.1. The predicted molar refractivity (Wildman–Crippen MR) is 118 cm³/mol. The fourth-order valence-electron chi connectivity index (χ4n) is 4.20. The van der Waals surface area contributed by atoms with E-state index in [0.717, 1.165) is 50.9 Å². The number of aromatic nitrogens is 2. The van der Waals surface area contributed by atoms with Crippen molar-refractivity contribution in [3.05, 3.63) is 17.0 Å². The molecule has 0 bridgehead atoms. The van der Waals surface area contributed by atoms with Crippen LogP contribution in [0.2, 0.25) is 0 Å². The summed E-state index contributed by atoms with van der Waals surface area (Å²) in [7, 11) is 1.72. The number of guanidine groups is 1. The van der Waals surface area contributed by atoms with Crippen molar-refractivity contribution in [1.82, 2.24) is 20.4 Å². The van der Waals surface area contributed by atoms with Crippen molar-refractivity contribution < 1.29 is 9.47 Å². The second-order valence-corrected chi connectivity index (χ2v) is 8.07. The number of ether oxygens (including phenoxy) is 2. The Morgan fingerprint density at radius 1 is 1.17 bits per heavy atom. The molecule has 0 radical (unpaired) electrons. The molecule has 0 atom stereocenters. The van der Waals surface area contributed by atoms with Gasteiger partial charge < -0.3 is 20.1 Å². The average Bonchev–Trinajstić information content (AvgIpc) is 3.28. The van der Waals surface area contributed by atoms with Crippen LogP contribution in [0.25, 0.3) is 0 Å². The molecule has 0 saturated heterocycles. The van der Waals surface area contributed by atoms with Crippen molar-refractivity contribution in [3.8, 4) is 0 Å². The van der Waals surface area contributed by atoms with E-state index in [4.69, 9.17) is 14.5 Å². The molecule has 1 aliphatic rings. The highest BCUT2D eigenvalue weighted by atomic mass is 16.5. The number of methoxy groups -OCH3 is 1. The molecule has 1 saturated carbocycles. The number of hydrogen-bond donors (Lipinski definition) is 2. The number of rotatable bonds is 12. The van der Waals surface area contributed by atoms with Crippen LogP contribution in [-0.2, 0) is 22.6 Å². The molecule has 2 N–H and O–H groups in total. The summed E-state index contributed by atoms with van der Waals surface area (Å²) in [5, 5.41) is 11.7. The molecular weight excluding hydrogens is 366 g/mol. The first-order valence-electron chi connectivity index (χ1n) is 11.2. The lowest BCUT2D eigenvalue weighted by Gasteiger charge is -2.30. The van der Waals surface area contributed by atoms with Crippen LogP contribution in [0.4, 0.5) is 0 Å². The molecule has 166 valence electrons. The van der Waals surface area contributed by atoms with Crippen LogP contribution in [0.5, 0.6) is 0 Å². The standard InChI is InChI=1S/C22H41N5O2/c1-6-23-21(25-17-22(10-8-9-11-22)12-14-29-7-2)24-16-20-18(3)26-27(19(20)4)13-15-28-5/h6-17H2,1-5H3,(H2,23,24,25). The van der Waals surface area contributed by atoms with Crippen molar-refractivity contribution in [3.63, 3.8) is 0 Å². The predicted octanol–water partition coefficient (Wildman–Crippen LogP) is 3.19. The van der Waals surface area contributed by atoms with Gasteiger partial charge in [-0.15, -0.1) is 0 Å². The molecule has 29 heavy (non-hydrogen) atoms. The van der Waals surface area contributed by atoms with Gasteiger partial charge in [-0.1, -0.05) is 12.8 Å². The van der Waals surface area contributed by atoms with Gasteiger partial charge in [0, 0.05) is 44.7 Å². The summed E-state index contributed by atoms with van der Waals surface area (Å²) in [5.41, 5.74) is 3.75. The van der Waals surface area contributed by atoms with E-state index in [1.165, 1.54) is 36.9 Å². The van der Waals surface area contributed by atoms with Crippen molar-refractivity contribution in [2.24, 2.45) is 10.4 Å². The molecule has 0 unspecified atom stereocenters. The molecular formula is C22H41N5O2. The van der Waals surface area contributed by atoms with Crippen molar-refractivity contribution in [2.75, 3.05) is 40.0 Å². The third-order valence-electron chi connectivity index (χ3n) is 6.05. The van der Waals surface area contributed by atoms with Gasteiger partial charge in [0.05, 0.1) is 25.4 Å². The molecule has 1 fully saturated rings. The lowest BCUT2D eigenvalue weighted by molar-refractivity contribution is 0.105. The zero-order chi connectivity index (χ0) is 21.1. The summed E-state index contributed by atoms with van der Waals surface area (Å²) in [6, 6.07) is 0. The van der Waals surface area contributed by atoms with Crippen LogP contribution in [0.1, 0.15) is 62.9 Å². The number of hydrogen-bond acceptors (Lipinski definition) is 4. The highest BCUT2D eigenvalue weighted by Gasteiger charge is 2.33. The first-order chi connectivity index (χ1) is 14.0. The van der Waals surface area contributed by atoms with Crippen LogP contribution >= 0.6 is 0 Å². The molecule has 0 aliphatic heterocycles. The van der Waals surface area contributed by atoms with Gasteiger partial charge in [0.15, 0.2) is 5.96 Å². The van der Waals surface area contributed by atoms with Gasteiger partial charge in [-0.3, -0.25) is 4.68 Å². The van der Waals surface area contributed by atoms with Gasteiger partial charge in [-0.2, -0.15) is 5.10 Å². The largest absolute Gasteiger partial charge is 0.383 e. The monoisotopic (exact) mass is 407 g/mol. The van der Waals surface area contributed by atoms with Gasteiger partial charge in [0.2, 0.25) is 0 Å². The fourth-order valence-corrected chi connectivity index (χ4v) is 4.20. The molecule has 7 heteroatoms. The Morgan fingerprint density at radius 2 is 1.93 bits per heavy atom. The molecule has 0 aromatic carbocycles. The summed E-state index contributed by atoms with van der Waals surface area (Å²) >= 11 is 0. The Bertz CT molecular complexity index is 635. The van der Waals surface area contributed by atoms with E-state index in [1.807, 2.05) is 4.68 Å². The summed E-state index contributed by atoms with van der Waals surface area (Å²) in [6.07, 6.45) is 6.31.